The number of aromatic amines is 1. The van der Waals surface area contributed by atoms with E-state index in [1.807, 2.05) is 17.0 Å². The molecule has 1 fully saturated rings. The smallest absolute Gasteiger partial charge is 0.272 e. The maximum atomic E-state index is 12.5. The quantitative estimate of drug-likeness (QED) is 0.625. The molecule has 1 aliphatic rings. The minimum absolute atomic E-state index is 0.0337. The lowest BCUT2D eigenvalue weighted by molar-refractivity contribution is -0.120. The third-order valence-electron chi connectivity index (χ3n) is 4.41. The van der Waals surface area contributed by atoms with Crippen molar-refractivity contribution >= 4 is 57.3 Å². The molecule has 0 spiro atoms. The van der Waals surface area contributed by atoms with Crippen LogP contribution in [0.3, 0.4) is 0 Å². The van der Waals surface area contributed by atoms with Crippen molar-refractivity contribution in [1.82, 2.24) is 10.3 Å². The predicted molar refractivity (Wildman–Crippen MR) is 108 cm³/mol. The highest BCUT2D eigenvalue weighted by Gasteiger charge is 2.19. The van der Waals surface area contributed by atoms with E-state index in [9.17, 15) is 9.59 Å². The zero-order valence-electron chi connectivity index (χ0n) is 14.2. The molecule has 6 nitrogen and oxygen atoms in total. The zero-order valence-corrected chi connectivity index (χ0v) is 15.7. The monoisotopic (exact) mass is 402 g/mol. The van der Waals surface area contributed by atoms with E-state index in [2.05, 4.69) is 15.6 Å². The minimum Gasteiger partial charge on any atom is -0.359 e. The molecule has 2 aromatic carbocycles. The van der Waals surface area contributed by atoms with Crippen molar-refractivity contribution in [3.05, 3.63) is 58.2 Å². The molecule has 3 N–H and O–H groups in total. The van der Waals surface area contributed by atoms with Crippen LogP contribution in [0, 0.1) is 0 Å². The van der Waals surface area contributed by atoms with Crippen LogP contribution in [0.25, 0.3) is 10.9 Å². The van der Waals surface area contributed by atoms with Gasteiger partial charge in [0.2, 0.25) is 5.91 Å². The summed E-state index contributed by atoms with van der Waals surface area (Å²) in [5, 5.41) is 7.59. The van der Waals surface area contributed by atoms with Crippen LogP contribution < -0.4 is 15.5 Å². The van der Waals surface area contributed by atoms with Crippen LogP contribution in [0.4, 0.5) is 11.4 Å². The highest BCUT2D eigenvalue weighted by atomic mass is 35.5. The normalized spacial score (nSPS) is 14.3. The van der Waals surface area contributed by atoms with Gasteiger partial charge in [0.05, 0.1) is 17.3 Å². The molecule has 1 aromatic heterocycles. The maximum Gasteiger partial charge on any atom is 0.272 e. The van der Waals surface area contributed by atoms with E-state index in [1.165, 1.54) is 0 Å². The molecule has 0 radical (unpaired) electrons. The number of carbonyl (C=O) groups excluding carboxylic acids is 2. The van der Waals surface area contributed by atoms with E-state index in [1.54, 1.807) is 30.3 Å². The number of halogens is 2. The van der Waals surface area contributed by atoms with Gasteiger partial charge in [0.1, 0.15) is 5.69 Å². The van der Waals surface area contributed by atoms with Crippen LogP contribution in [0.15, 0.2) is 42.5 Å². The van der Waals surface area contributed by atoms with Crippen LogP contribution in [-0.2, 0) is 4.79 Å². The number of hydrogen-bond donors (Lipinski definition) is 3. The summed E-state index contributed by atoms with van der Waals surface area (Å²) < 4.78 is 0. The largest absolute Gasteiger partial charge is 0.359 e. The minimum atomic E-state index is -0.275. The molecule has 138 valence electrons. The van der Waals surface area contributed by atoms with Gasteiger partial charge in [-0.2, -0.15) is 0 Å². The number of nitrogens with zero attached hydrogens (tertiary/aromatic N) is 1. The molecule has 2 amide bonds. The van der Waals surface area contributed by atoms with E-state index in [4.69, 9.17) is 23.2 Å². The van der Waals surface area contributed by atoms with Crippen LogP contribution >= 0.6 is 23.2 Å². The van der Waals surface area contributed by atoms with Gasteiger partial charge in [-0.3, -0.25) is 9.59 Å². The topological polar surface area (TPSA) is 77.2 Å². The fraction of sp³-hybridized carbons (Fsp3) is 0.158. The van der Waals surface area contributed by atoms with Gasteiger partial charge in [0, 0.05) is 34.7 Å². The molecular formula is C19H16Cl2N4O2. The average Bonchev–Trinajstić information content (AvgIpc) is 3.05. The lowest BCUT2D eigenvalue weighted by Crippen LogP contribution is -2.47. The van der Waals surface area contributed by atoms with Gasteiger partial charge in [-0.1, -0.05) is 29.3 Å². The molecule has 8 heteroatoms. The summed E-state index contributed by atoms with van der Waals surface area (Å²) in [5.41, 5.74) is 2.57. The van der Waals surface area contributed by atoms with E-state index >= 15 is 0 Å². The molecule has 0 unspecified atom stereocenters. The van der Waals surface area contributed by atoms with Crippen LogP contribution in [0.5, 0.6) is 0 Å². The van der Waals surface area contributed by atoms with Gasteiger partial charge < -0.3 is 20.5 Å². The van der Waals surface area contributed by atoms with Crippen molar-refractivity contribution in [1.29, 1.82) is 0 Å². The van der Waals surface area contributed by atoms with Gasteiger partial charge in [-0.15, -0.1) is 0 Å². The Balaban J connectivity index is 1.52. The van der Waals surface area contributed by atoms with Gasteiger partial charge in [-0.05, 0) is 36.4 Å². The summed E-state index contributed by atoms with van der Waals surface area (Å²) in [6.45, 7) is 1.54. The van der Waals surface area contributed by atoms with Crippen LogP contribution in [0.1, 0.15) is 10.5 Å². The first-order chi connectivity index (χ1) is 13.0. The summed E-state index contributed by atoms with van der Waals surface area (Å²) >= 11 is 12.4. The first kappa shape index (κ1) is 17.7. The second kappa shape index (κ2) is 7.13. The Morgan fingerprint density at radius 1 is 1.11 bits per heavy atom. The Morgan fingerprint density at radius 3 is 2.74 bits per heavy atom. The molecular weight excluding hydrogens is 387 g/mol. The Labute approximate surface area is 165 Å². The van der Waals surface area contributed by atoms with Crippen molar-refractivity contribution in [2.75, 3.05) is 29.9 Å². The third kappa shape index (κ3) is 3.72. The van der Waals surface area contributed by atoms with Crippen LogP contribution in [-0.4, -0.2) is 36.4 Å². The Bertz CT molecular complexity index is 1050. The Morgan fingerprint density at radius 2 is 1.96 bits per heavy atom. The van der Waals surface area contributed by atoms with E-state index in [0.717, 1.165) is 16.6 Å². The van der Waals surface area contributed by atoms with E-state index < -0.39 is 0 Å². The molecule has 27 heavy (non-hydrogen) atoms. The summed E-state index contributed by atoms with van der Waals surface area (Å²) in [7, 11) is 0. The van der Waals surface area contributed by atoms with E-state index in [0.29, 0.717) is 34.5 Å². The molecule has 3 aromatic rings. The summed E-state index contributed by atoms with van der Waals surface area (Å²) in [6, 6.07) is 12.4. The molecule has 2 heterocycles. The maximum absolute atomic E-state index is 12.5. The number of anilines is 2. The highest BCUT2D eigenvalue weighted by Crippen LogP contribution is 2.29. The number of fused-ring (bicyclic) bond motifs is 1. The standard InChI is InChI=1S/C19H16Cl2N4O2/c20-12-2-1-11-7-16(24-15(11)8-12)19(27)23-13-3-4-17(14(21)9-13)25-6-5-22-18(26)10-25/h1-4,7-9,24H,5-6,10H2,(H,22,26)(H,23,27). The summed E-state index contributed by atoms with van der Waals surface area (Å²) in [5.74, 6) is -0.308. The van der Waals surface area contributed by atoms with Crippen molar-refractivity contribution in [3.63, 3.8) is 0 Å². The van der Waals surface area contributed by atoms with Crippen molar-refractivity contribution < 1.29 is 9.59 Å². The number of carbonyl (C=O) groups is 2. The second-order valence-corrected chi connectivity index (χ2v) is 7.15. The fourth-order valence-electron chi connectivity index (χ4n) is 3.11. The summed E-state index contributed by atoms with van der Waals surface area (Å²) in [4.78, 5) is 29.1. The van der Waals surface area contributed by atoms with Gasteiger partial charge in [-0.25, -0.2) is 0 Å². The first-order valence-corrected chi connectivity index (χ1v) is 9.16. The highest BCUT2D eigenvalue weighted by molar-refractivity contribution is 6.33. The van der Waals surface area contributed by atoms with E-state index in [-0.39, 0.29) is 18.4 Å². The third-order valence-corrected chi connectivity index (χ3v) is 4.95. The average molecular weight is 403 g/mol. The number of aromatic nitrogens is 1. The van der Waals surface area contributed by atoms with Crippen LogP contribution in [0.2, 0.25) is 10.0 Å². The molecule has 0 bridgehead atoms. The summed E-state index contributed by atoms with van der Waals surface area (Å²) in [6.07, 6.45) is 0. The molecule has 0 saturated carbocycles. The molecule has 1 aliphatic heterocycles. The SMILES string of the molecule is O=C1CN(c2ccc(NC(=O)c3cc4ccc(Cl)cc4[nH]3)cc2Cl)CCN1. The number of H-pyrrole nitrogens is 1. The number of hydrogen-bond acceptors (Lipinski definition) is 3. The van der Waals surface area contributed by atoms with Gasteiger partial charge in [0.25, 0.3) is 5.91 Å². The molecule has 4 rings (SSSR count). The predicted octanol–water partition coefficient (Wildman–Crippen LogP) is 3.66. The second-order valence-electron chi connectivity index (χ2n) is 6.31. The number of benzene rings is 2. The Kier molecular flexibility index (Phi) is 4.68. The van der Waals surface area contributed by atoms with Crippen molar-refractivity contribution in [3.8, 4) is 0 Å². The van der Waals surface area contributed by atoms with Gasteiger partial charge >= 0.3 is 0 Å². The first-order valence-electron chi connectivity index (χ1n) is 8.40. The Hall–Kier alpha value is -2.70. The van der Waals surface area contributed by atoms with Crippen molar-refractivity contribution in [2.45, 2.75) is 0 Å². The number of nitrogens with one attached hydrogen (secondary N) is 3. The number of rotatable bonds is 3. The molecule has 1 saturated heterocycles. The zero-order chi connectivity index (χ0) is 19.0. The number of amides is 2. The molecule has 0 atom stereocenters. The van der Waals surface area contributed by atoms with Gasteiger partial charge in [0.15, 0.2) is 0 Å². The lowest BCUT2D eigenvalue weighted by atomic mass is 10.2. The van der Waals surface area contributed by atoms with Crippen molar-refractivity contribution in [2.24, 2.45) is 0 Å². The lowest BCUT2D eigenvalue weighted by Gasteiger charge is -2.29. The fourth-order valence-corrected chi connectivity index (χ4v) is 3.58. The molecule has 0 aliphatic carbocycles. The number of piperazine rings is 1.